The molecule has 2 N–H and O–H groups in total. The number of benzene rings is 1. The van der Waals surface area contributed by atoms with Gasteiger partial charge in [-0.15, -0.1) is 0 Å². The highest BCUT2D eigenvalue weighted by molar-refractivity contribution is 8.00. The normalized spacial score (nSPS) is 27.9. The van der Waals surface area contributed by atoms with Crippen LogP contribution < -0.4 is 5.73 Å². The van der Waals surface area contributed by atoms with Gasteiger partial charge in [0.05, 0.1) is 0 Å². The Bertz CT molecular complexity index is 342. The molecule has 0 amide bonds. The fourth-order valence-electron chi connectivity index (χ4n) is 2.26. The van der Waals surface area contributed by atoms with Gasteiger partial charge in [-0.2, -0.15) is 11.8 Å². The van der Waals surface area contributed by atoms with Crippen LogP contribution >= 0.6 is 11.8 Å². The van der Waals surface area contributed by atoms with Gasteiger partial charge in [0.2, 0.25) is 0 Å². The van der Waals surface area contributed by atoms with Crippen molar-refractivity contribution < 1.29 is 0 Å². The third-order valence-corrected chi connectivity index (χ3v) is 4.92. The fourth-order valence-corrected chi connectivity index (χ4v) is 3.62. The van der Waals surface area contributed by atoms with Crippen LogP contribution in [0, 0.1) is 6.92 Å². The van der Waals surface area contributed by atoms with E-state index in [0.29, 0.717) is 0 Å². The summed E-state index contributed by atoms with van der Waals surface area (Å²) < 4.78 is 0.244. The van der Waals surface area contributed by atoms with E-state index in [2.05, 4.69) is 38.1 Å². The van der Waals surface area contributed by atoms with Crippen molar-refractivity contribution >= 4 is 11.8 Å². The van der Waals surface area contributed by atoms with Crippen molar-refractivity contribution in [2.45, 2.75) is 37.5 Å². The number of rotatable bonds is 2. The highest BCUT2D eigenvalue weighted by atomic mass is 32.2. The maximum Gasteiger partial charge on any atom is 0.0441 e. The van der Waals surface area contributed by atoms with Crippen LogP contribution in [-0.2, 0) is 0 Å². The van der Waals surface area contributed by atoms with Crippen molar-refractivity contribution in [3.63, 3.8) is 0 Å². The Morgan fingerprint density at radius 2 is 2.27 bits per heavy atom. The number of hydrogen-bond acceptors (Lipinski definition) is 2. The third kappa shape index (κ3) is 2.21. The summed E-state index contributed by atoms with van der Waals surface area (Å²) in [5.41, 5.74) is 8.97. The fraction of sp³-hybridized carbons (Fsp3) is 0.538. The molecule has 1 fully saturated rings. The molecule has 1 aliphatic rings. The molecule has 2 unspecified atom stereocenters. The lowest BCUT2D eigenvalue weighted by atomic mass is 9.90. The van der Waals surface area contributed by atoms with E-state index in [1.807, 2.05) is 11.8 Å². The minimum atomic E-state index is 0.171. The summed E-state index contributed by atoms with van der Waals surface area (Å²) in [4.78, 5) is 0. The second kappa shape index (κ2) is 4.18. The van der Waals surface area contributed by atoms with E-state index < -0.39 is 0 Å². The lowest BCUT2D eigenvalue weighted by Gasteiger charge is -2.30. The molecule has 2 rings (SSSR count). The average Bonchev–Trinajstić information content (AvgIpc) is 2.65. The molecule has 82 valence electrons. The molecule has 1 aromatic carbocycles. The predicted octanol–water partition coefficient (Wildman–Crippen LogP) is 3.28. The first-order valence-corrected chi connectivity index (χ1v) is 6.56. The predicted molar refractivity (Wildman–Crippen MR) is 68.2 cm³/mol. The zero-order valence-electron chi connectivity index (χ0n) is 9.49. The molecule has 1 aliphatic heterocycles. The monoisotopic (exact) mass is 221 g/mol. The Morgan fingerprint density at radius 3 is 2.87 bits per heavy atom. The Labute approximate surface area is 96.4 Å². The molecule has 15 heavy (non-hydrogen) atoms. The second-order valence-corrected chi connectivity index (χ2v) is 6.29. The van der Waals surface area contributed by atoms with Crippen molar-refractivity contribution in [3.8, 4) is 0 Å². The zero-order valence-corrected chi connectivity index (χ0v) is 10.3. The molecule has 0 aliphatic carbocycles. The summed E-state index contributed by atoms with van der Waals surface area (Å²) in [6, 6.07) is 8.77. The zero-order chi connectivity index (χ0) is 10.9. The van der Waals surface area contributed by atoms with Gasteiger partial charge in [-0.05, 0) is 38.0 Å². The van der Waals surface area contributed by atoms with Gasteiger partial charge in [-0.3, -0.25) is 0 Å². The Hall–Kier alpha value is -0.470. The van der Waals surface area contributed by atoms with Crippen LogP contribution in [0.25, 0.3) is 0 Å². The average molecular weight is 221 g/mol. The van der Waals surface area contributed by atoms with E-state index in [1.165, 1.54) is 29.7 Å². The smallest absolute Gasteiger partial charge is 0.0441 e. The maximum absolute atomic E-state index is 6.38. The highest BCUT2D eigenvalue weighted by Crippen LogP contribution is 2.45. The summed E-state index contributed by atoms with van der Waals surface area (Å²) >= 11 is 2.03. The minimum absolute atomic E-state index is 0.171. The van der Waals surface area contributed by atoms with Crippen molar-refractivity contribution in [1.82, 2.24) is 0 Å². The molecular formula is C13H19NS. The molecule has 0 spiro atoms. The van der Waals surface area contributed by atoms with Gasteiger partial charge >= 0.3 is 0 Å². The number of nitrogens with two attached hydrogens (primary N) is 1. The topological polar surface area (TPSA) is 26.0 Å². The van der Waals surface area contributed by atoms with E-state index in [0.717, 1.165) is 0 Å². The molecule has 1 aromatic rings. The van der Waals surface area contributed by atoms with Gasteiger partial charge in [0, 0.05) is 10.8 Å². The number of thioether (sulfide) groups is 1. The molecule has 1 nitrogen and oxygen atoms in total. The van der Waals surface area contributed by atoms with Crippen LogP contribution in [0.5, 0.6) is 0 Å². The van der Waals surface area contributed by atoms with Crippen molar-refractivity contribution in [3.05, 3.63) is 35.4 Å². The molecule has 0 radical (unpaired) electrons. The standard InChI is InChI=1S/C13H19NS/c1-10-5-3-6-11(9-10)12(14)13(2)7-4-8-15-13/h3,5-6,9,12H,4,7-8,14H2,1-2H3. The number of aryl methyl sites for hydroxylation is 1. The van der Waals surface area contributed by atoms with Gasteiger partial charge in [0.1, 0.15) is 0 Å². The summed E-state index contributed by atoms with van der Waals surface area (Å²) in [5.74, 6) is 1.26. The second-order valence-electron chi connectivity index (χ2n) is 4.66. The first-order valence-electron chi connectivity index (χ1n) is 5.58. The van der Waals surface area contributed by atoms with E-state index in [9.17, 15) is 0 Å². The highest BCUT2D eigenvalue weighted by Gasteiger charge is 2.36. The summed E-state index contributed by atoms with van der Waals surface area (Å²) in [6.45, 7) is 4.43. The molecule has 0 saturated carbocycles. The first kappa shape index (κ1) is 11.0. The quantitative estimate of drug-likeness (QED) is 0.829. The maximum atomic E-state index is 6.38. The van der Waals surface area contributed by atoms with Crippen molar-refractivity contribution in [2.75, 3.05) is 5.75 Å². The van der Waals surface area contributed by atoms with Crippen LogP contribution in [0.1, 0.15) is 36.9 Å². The van der Waals surface area contributed by atoms with E-state index >= 15 is 0 Å². The Kier molecular flexibility index (Phi) is 3.08. The van der Waals surface area contributed by atoms with E-state index in [4.69, 9.17) is 5.73 Å². The van der Waals surface area contributed by atoms with Crippen LogP contribution in [0.2, 0.25) is 0 Å². The molecule has 2 heteroatoms. The summed E-state index contributed by atoms with van der Waals surface area (Å²) in [6.07, 6.45) is 2.55. The van der Waals surface area contributed by atoms with Gasteiger partial charge in [0.25, 0.3) is 0 Å². The van der Waals surface area contributed by atoms with E-state index in [-0.39, 0.29) is 10.8 Å². The SMILES string of the molecule is Cc1cccc(C(N)C2(C)CCCS2)c1. The van der Waals surface area contributed by atoms with Gasteiger partial charge in [0.15, 0.2) is 0 Å². The van der Waals surface area contributed by atoms with E-state index in [1.54, 1.807) is 0 Å². The number of hydrogen-bond donors (Lipinski definition) is 1. The molecular weight excluding hydrogens is 202 g/mol. The van der Waals surface area contributed by atoms with Crippen LogP contribution in [0.3, 0.4) is 0 Å². The molecule has 1 saturated heterocycles. The van der Waals surface area contributed by atoms with Crippen LogP contribution in [-0.4, -0.2) is 10.5 Å². The summed E-state index contributed by atoms with van der Waals surface area (Å²) in [7, 11) is 0. The minimum Gasteiger partial charge on any atom is -0.323 e. The molecule has 0 bridgehead atoms. The van der Waals surface area contributed by atoms with Gasteiger partial charge in [-0.1, -0.05) is 29.8 Å². The summed E-state index contributed by atoms with van der Waals surface area (Å²) in [5, 5.41) is 0. The third-order valence-electron chi connectivity index (χ3n) is 3.31. The van der Waals surface area contributed by atoms with Crippen LogP contribution in [0.15, 0.2) is 24.3 Å². The first-order chi connectivity index (χ1) is 7.12. The lowest BCUT2D eigenvalue weighted by Crippen LogP contribution is -2.33. The Balaban J connectivity index is 2.23. The van der Waals surface area contributed by atoms with Gasteiger partial charge in [-0.25, -0.2) is 0 Å². The van der Waals surface area contributed by atoms with Crippen molar-refractivity contribution in [1.29, 1.82) is 0 Å². The molecule has 1 heterocycles. The van der Waals surface area contributed by atoms with Crippen molar-refractivity contribution in [2.24, 2.45) is 5.73 Å². The van der Waals surface area contributed by atoms with Crippen LogP contribution in [0.4, 0.5) is 0 Å². The molecule has 0 aromatic heterocycles. The molecule has 2 atom stereocenters. The lowest BCUT2D eigenvalue weighted by molar-refractivity contribution is 0.502. The largest absolute Gasteiger partial charge is 0.323 e. The van der Waals surface area contributed by atoms with Gasteiger partial charge < -0.3 is 5.73 Å². The Morgan fingerprint density at radius 1 is 1.47 bits per heavy atom.